The van der Waals surface area contributed by atoms with Crippen LogP contribution in [0.4, 0.5) is 5.69 Å². The maximum absolute atomic E-state index is 2.56. The van der Waals surface area contributed by atoms with E-state index in [1.165, 1.54) is 60.6 Å². The summed E-state index contributed by atoms with van der Waals surface area (Å²) in [5.74, 6) is 1.52. The van der Waals surface area contributed by atoms with Crippen LogP contribution in [0, 0.1) is 5.92 Å². The number of anilines is 1. The number of benzene rings is 3. The van der Waals surface area contributed by atoms with Gasteiger partial charge in [0.1, 0.15) is 0 Å². The van der Waals surface area contributed by atoms with E-state index < -0.39 is 0 Å². The summed E-state index contributed by atoms with van der Waals surface area (Å²) in [5.41, 5.74) is 9.24. The summed E-state index contributed by atoms with van der Waals surface area (Å²) >= 11 is 0. The molecule has 0 amide bonds. The summed E-state index contributed by atoms with van der Waals surface area (Å²) in [6.07, 6.45) is 37.6. The molecule has 0 bridgehead atoms. The molecule has 4 aromatic rings. The van der Waals surface area contributed by atoms with E-state index in [1.54, 1.807) is 0 Å². The zero-order valence-electron chi connectivity index (χ0n) is 29.5. The molecular weight excluding hydrogens is 617 g/mol. The molecule has 1 heterocycles. The molecule has 4 atom stereocenters. The van der Waals surface area contributed by atoms with E-state index in [0.29, 0.717) is 23.7 Å². The van der Waals surface area contributed by atoms with Gasteiger partial charge in [-0.3, -0.25) is 0 Å². The van der Waals surface area contributed by atoms with E-state index in [2.05, 4.69) is 180 Å². The normalized spacial score (nSPS) is 23.3. The topological polar surface area (TPSA) is 8.17 Å². The van der Waals surface area contributed by atoms with E-state index in [1.807, 2.05) is 0 Å². The Balaban J connectivity index is 1.05. The Morgan fingerprint density at radius 1 is 0.608 bits per heavy atom. The van der Waals surface area contributed by atoms with Crippen molar-refractivity contribution in [3.8, 4) is 0 Å². The molecule has 51 heavy (non-hydrogen) atoms. The van der Waals surface area contributed by atoms with Crippen molar-refractivity contribution in [1.29, 1.82) is 0 Å². The predicted octanol–water partition coefficient (Wildman–Crippen LogP) is 9.09. The highest BCUT2D eigenvalue weighted by Gasteiger charge is 2.25. The minimum Gasteiger partial charge on any atom is -0.314 e. The highest BCUT2D eigenvalue weighted by atomic mass is 15.2. The summed E-state index contributed by atoms with van der Waals surface area (Å²) in [6, 6.07) is 31.2. The molecule has 0 N–H and O–H groups in total. The molecule has 0 fully saturated rings. The molecule has 1 aromatic heterocycles. The lowest BCUT2D eigenvalue weighted by Crippen LogP contribution is -2.40. The standard InChI is InChI=1S/C49H46N2/c1-35-33-44(30-31-45(35)39-15-7-3-8-16-39)50(42-26-21-37(22-27-42)36-13-5-2-6-14-36)43-28-23-38(24-29-43)40-25-32-49-47(34-40)46-19-11-12-20-48(46)51(49)41-17-9-4-10-18-41/h2-9,13-17,19-21,23-24,26-35,37,40,45H,10-12,18,22,25H2,1H3. The Morgan fingerprint density at radius 3 is 2.04 bits per heavy atom. The third kappa shape index (κ3) is 6.08. The second-order valence-electron chi connectivity index (χ2n) is 14.7. The molecule has 4 unspecified atom stereocenters. The third-order valence-electron chi connectivity index (χ3n) is 11.5. The van der Waals surface area contributed by atoms with E-state index in [9.17, 15) is 0 Å². The van der Waals surface area contributed by atoms with Crippen LogP contribution in [0.25, 0.3) is 30.0 Å². The van der Waals surface area contributed by atoms with Crippen LogP contribution in [0.15, 0.2) is 151 Å². The van der Waals surface area contributed by atoms with Crippen molar-refractivity contribution >= 4 is 35.7 Å². The van der Waals surface area contributed by atoms with E-state index in [4.69, 9.17) is 0 Å². The van der Waals surface area contributed by atoms with Gasteiger partial charge in [0, 0.05) is 61.7 Å². The predicted molar refractivity (Wildman–Crippen MR) is 216 cm³/mol. The van der Waals surface area contributed by atoms with Crippen LogP contribution in [-0.2, 0) is 0 Å². The number of nitrogens with zero attached hydrogens (tertiary/aromatic N) is 2. The lowest BCUT2D eigenvalue weighted by Gasteiger charge is -2.33. The van der Waals surface area contributed by atoms with Crippen LogP contribution < -0.4 is 26.0 Å². The second-order valence-corrected chi connectivity index (χ2v) is 14.7. The molecule has 5 aliphatic carbocycles. The number of hydrogen-bond donors (Lipinski definition) is 0. The van der Waals surface area contributed by atoms with E-state index in [-0.39, 0.29) is 0 Å². The van der Waals surface area contributed by atoms with E-state index in [0.717, 1.165) is 38.5 Å². The summed E-state index contributed by atoms with van der Waals surface area (Å²) < 4.78 is 2.56. The van der Waals surface area contributed by atoms with Crippen molar-refractivity contribution in [2.24, 2.45) is 5.92 Å². The fourth-order valence-electron chi connectivity index (χ4n) is 8.80. The number of hydrogen-bond acceptors (Lipinski definition) is 1. The molecule has 0 saturated heterocycles. The minimum absolute atomic E-state index is 0.358. The Bertz CT molecular complexity index is 2380. The van der Waals surface area contributed by atoms with Crippen LogP contribution in [0.3, 0.4) is 0 Å². The molecule has 0 saturated carbocycles. The Kier molecular flexibility index (Phi) is 8.53. The fourth-order valence-corrected chi connectivity index (χ4v) is 8.80. The molecule has 0 aliphatic heterocycles. The quantitative estimate of drug-likeness (QED) is 0.192. The van der Waals surface area contributed by atoms with Gasteiger partial charge in [-0.2, -0.15) is 0 Å². The highest BCUT2D eigenvalue weighted by Crippen LogP contribution is 2.38. The smallest absolute Gasteiger partial charge is 0.0495 e. The first-order chi connectivity index (χ1) is 25.2. The Labute approximate surface area is 302 Å². The Morgan fingerprint density at radius 2 is 1.31 bits per heavy atom. The van der Waals surface area contributed by atoms with Crippen LogP contribution in [-0.4, -0.2) is 4.57 Å². The summed E-state index contributed by atoms with van der Waals surface area (Å²) in [4.78, 5) is 2.47. The Hall–Kier alpha value is -5.34. The number of rotatable bonds is 7. The molecule has 0 spiro atoms. The van der Waals surface area contributed by atoms with Crippen molar-refractivity contribution in [3.63, 3.8) is 0 Å². The van der Waals surface area contributed by atoms with Crippen molar-refractivity contribution in [2.45, 2.75) is 63.2 Å². The van der Waals surface area contributed by atoms with Crippen molar-refractivity contribution in [3.05, 3.63) is 189 Å². The zero-order chi connectivity index (χ0) is 34.1. The first kappa shape index (κ1) is 31.6. The first-order valence-corrected chi connectivity index (χ1v) is 19.0. The van der Waals surface area contributed by atoms with Crippen LogP contribution >= 0.6 is 0 Å². The zero-order valence-corrected chi connectivity index (χ0v) is 29.5. The lowest BCUT2D eigenvalue weighted by atomic mass is 9.83. The van der Waals surface area contributed by atoms with Gasteiger partial charge in [0.25, 0.3) is 0 Å². The molecule has 252 valence electrons. The van der Waals surface area contributed by atoms with Gasteiger partial charge in [0.15, 0.2) is 0 Å². The van der Waals surface area contributed by atoms with Crippen LogP contribution in [0.5, 0.6) is 0 Å². The van der Waals surface area contributed by atoms with Crippen molar-refractivity contribution in [1.82, 2.24) is 4.57 Å². The van der Waals surface area contributed by atoms with Gasteiger partial charge in [-0.25, -0.2) is 0 Å². The molecule has 9 rings (SSSR count). The van der Waals surface area contributed by atoms with Gasteiger partial charge in [0.05, 0.1) is 0 Å². The maximum Gasteiger partial charge on any atom is 0.0495 e. The fraction of sp³-hybridized carbons (Fsp3) is 0.224. The average molecular weight is 663 g/mol. The lowest BCUT2D eigenvalue weighted by molar-refractivity contribution is 0.627. The number of allylic oxidation sites excluding steroid dienone is 10. The van der Waals surface area contributed by atoms with Gasteiger partial charge in [-0.1, -0.05) is 140 Å². The van der Waals surface area contributed by atoms with E-state index >= 15 is 0 Å². The summed E-state index contributed by atoms with van der Waals surface area (Å²) in [5, 5.41) is 5.63. The van der Waals surface area contributed by atoms with Crippen LogP contribution in [0.1, 0.15) is 79.9 Å². The van der Waals surface area contributed by atoms with Crippen molar-refractivity contribution in [2.75, 3.05) is 4.90 Å². The molecule has 2 heteroatoms. The first-order valence-electron chi connectivity index (χ1n) is 19.0. The summed E-state index contributed by atoms with van der Waals surface area (Å²) in [6.45, 7) is 2.35. The van der Waals surface area contributed by atoms with Gasteiger partial charge in [0.2, 0.25) is 0 Å². The highest BCUT2D eigenvalue weighted by molar-refractivity contribution is 5.66. The van der Waals surface area contributed by atoms with Crippen LogP contribution in [0.2, 0.25) is 0 Å². The van der Waals surface area contributed by atoms with Gasteiger partial charge < -0.3 is 9.47 Å². The maximum atomic E-state index is 2.56. The molecule has 5 aliphatic rings. The second kappa shape index (κ2) is 13.8. The molecule has 0 radical (unpaired) electrons. The van der Waals surface area contributed by atoms with Gasteiger partial charge in [-0.15, -0.1) is 0 Å². The number of aromatic nitrogens is 1. The average Bonchev–Trinajstić information content (AvgIpc) is 3.53. The summed E-state index contributed by atoms with van der Waals surface area (Å²) in [7, 11) is 0. The number of fused-ring (bicyclic) bond motifs is 3. The van der Waals surface area contributed by atoms with Crippen molar-refractivity contribution < 1.29 is 0 Å². The SMILES string of the molecule is CC1C=C(N(C2=CCC(c3ccccc3)C=C2)c2ccc(C3C=c4c5c(n(C6=CC=CCC6)c4=CC3)=CCCC=5)cc2)C=CC1c1ccccc1. The largest absolute Gasteiger partial charge is 0.314 e. The molecular formula is C49H46N2. The third-order valence-corrected chi connectivity index (χ3v) is 11.5. The molecule has 2 nitrogen and oxygen atoms in total. The van der Waals surface area contributed by atoms with Gasteiger partial charge in [-0.05, 0) is 91.5 Å². The van der Waals surface area contributed by atoms with Gasteiger partial charge >= 0.3 is 0 Å². The molecule has 3 aromatic carbocycles. The minimum atomic E-state index is 0.358. The monoisotopic (exact) mass is 662 g/mol.